The molecule has 1 aliphatic heterocycles. The number of nitrogens with zero attached hydrogens (tertiary/aromatic N) is 2. The highest BCUT2D eigenvalue weighted by Crippen LogP contribution is 2.30. The molecule has 1 aromatic carbocycles. The van der Waals surface area contributed by atoms with Crippen LogP contribution in [0.4, 0.5) is 5.69 Å². The van der Waals surface area contributed by atoms with Gasteiger partial charge in [-0.15, -0.1) is 0 Å². The molecule has 0 bridgehead atoms. The van der Waals surface area contributed by atoms with Crippen LogP contribution in [0.25, 0.3) is 0 Å². The van der Waals surface area contributed by atoms with E-state index in [1.165, 1.54) is 12.7 Å². The van der Waals surface area contributed by atoms with Crippen molar-refractivity contribution in [1.82, 2.24) is 4.90 Å². The summed E-state index contributed by atoms with van der Waals surface area (Å²) >= 11 is 0. The van der Waals surface area contributed by atoms with Crippen LogP contribution in [0.15, 0.2) is 29.2 Å². The van der Waals surface area contributed by atoms with Gasteiger partial charge in [-0.1, -0.05) is 6.42 Å². The standard InChI is InChI=1S/C18H26N2O3S/c1-19(18(21)14-4-3-5-14)15-10-12-20(13-11-15)16-6-8-17(9-7-16)24(2,22)23/h6-9,14-15H,3-5,10-13H2,1-2H3. The molecule has 0 spiro atoms. The first-order valence-electron chi connectivity index (χ1n) is 8.68. The second-order valence-electron chi connectivity index (χ2n) is 7.06. The highest BCUT2D eigenvalue weighted by molar-refractivity contribution is 7.90. The van der Waals surface area contributed by atoms with Gasteiger partial charge in [-0.2, -0.15) is 0 Å². The second kappa shape index (κ2) is 6.75. The largest absolute Gasteiger partial charge is 0.371 e. The van der Waals surface area contributed by atoms with E-state index in [4.69, 9.17) is 0 Å². The van der Waals surface area contributed by atoms with Crippen LogP contribution in [0.2, 0.25) is 0 Å². The van der Waals surface area contributed by atoms with E-state index in [2.05, 4.69) is 4.90 Å². The molecule has 0 radical (unpaired) electrons. The van der Waals surface area contributed by atoms with Crippen molar-refractivity contribution in [3.8, 4) is 0 Å². The number of piperidine rings is 1. The predicted molar refractivity (Wildman–Crippen MR) is 94.9 cm³/mol. The predicted octanol–water partition coefficient (Wildman–Crippen LogP) is 2.32. The van der Waals surface area contributed by atoms with Crippen molar-refractivity contribution in [2.75, 3.05) is 31.3 Å². The molecule has 0 N–H and O–H groups in total. The zero-order valence-electron chi connectivity index (χ0n) is 14.4. The van der Waals surface area contributed by atoms with Crippen molar-refractivity contribution >= 4 is 21.4 Å². The summed E-state index contributed by atoms with van der Waals surface area (Å²) in [6.07, 6.45) is 6.43. The summed E-state index contributed by atoms with van der Waals surface area (Å²) < 4.78 is 23.1. The minimum Gasteiger partial charge on any atom is -0.371 e. The Kier molecular flexibility index (Phi) is 4.85. The summed E-state index contributed by atoms with van der Waals surface area (Å²) in [6.45, 7) is 1.79. The Balaban J connectivity index is 1.57. The Labute approximate surface area is 144 Å². The maximum Gasteiger partial charge on any atom is 0.225 e. The Morgan fingerprint density at radius 3 is 2.12 bits per heavy atom. The van der Waals surface area contributed by atoms with Gasteiger partial charge in [0.25, 0.3) is 0 Å². The van der Waals surface area contributed by atoms with Gasteiger partial charge >= 0.3 is 0 Å². The molecule has 1 saturated carbocycles. The molecule has 2 fully saturated rings. The van der Waals surface area contributed by atoms with Crippen molar-refractivity contribution in [2.45, 2.75) is 43.0 Å². The van der Waals surface area contributed by atoms with Gasteiger partial charge in [0.1, 0.15) is 0 Å². The summed E-state index contributed by atoms with van der Waals surface area (Å²) in [5.41, 5.74) is 1.05. The average Bonchev–Trinajstić information content (AvgIpc) is 2.52. The van der Waals surface area contributed by atoms with Crippen LogP contribution in [0.3, 0.4) is 0 Å². The number of hydrogen-bond donors (Lipinski definition) is 0. The topological polar surface area (TPSA) is 57.7 Å². The highest BCUT2D eigenvalue weighted by Gasteiger charge is 2.32. The van der Waals surface area contributed by atoms with Gasteiger partial charge in [-0.25, -0.2) is 8.42 Å². The summed E-state index contributed by atoms with van der Waals surface area (Å²) in [5, 5.41) is 0. The first kappa shape index (κ1) is 17.3. The minimum atomic E-state index is -3.15. The van der Waals surface area contributed by atoms with Crippen LogP contribution < -0.4 is 4.90 Å². The fraction of sp³-hybridized carbons (Fsp3) is 0.611. The third-order valence-electron chi connectivity index (χ3n) is 5.44. The lowest BCUT2D eigenvalue weighted by molar-refractivity contribution is -0.139. The van der Waals surface area contributed by atoms with E-state index in [0.717, 1.165) is 44.5 Å². The van der Waals surface area contributed by atoms with Crippen molar-refractivity contribution in [2.24, 2.45) is 5.92 Å². The van der Waals surface area contributed by atoms with E-state index in [9.17, 15) is 13.2 Å². The molecule has 0 aromatic heterocycles. The van der Waals surface area contributed by atoms with Crippen molar-refractivity contribution in [3.63, 3.8) is 0 Å². The molecule has 1 saturated heterocycles. The second-order valence-corrected chi connectivity index (χ2v) is 9.08. The van der Waals surface area contributed by atoms with Crippen LogP contribution >= 0.6 is 0 Å². The van der Waals surface area contributed by atoms with Crippen LogP contribution in [-0.4, -0.2) is 51.7 Å². The highest BCUT2D eigenvalue weighted by atomic mass is 32.2. The van der Waals surface area contributed by atoms with E-state index < -0.39 is 9.84 Å². The van der Waals surface area contributed by atoms with Gasteiger partial charge in [0.2, 0.25) is 5.91 Å². The molecule has 1 amide bonds. The molecule has 0 unspecified atom stereocenters. The summed E-state index contributed by atoms with van der Waals surface area (Å²) in [7, 11) is -1.20. The van der Waals surface area contributed by atoms with Crippen LogP contribution in [0.5, 0.6) is 0 Å². The molecule has 6 heteroatoms. The van der Waals surface area contributed by atoms with Crippen LogP contribution in [-0.2, 0) is 14.6 Å². The molecular formula is C18H26N2O3S. The lowest BCUT2D eigenvalue weighted by Gasteiger charge is -2.40. The SMILES string of the molecule is CN(C(=O)C1CCC1)C1CCN(c2ccc(S(C)(=O)=O)cc2)CC1. The maximum atomic E-state index is 12.4. The van der Waals surface area contributed by atoms with Crippen LogP contribution in [0.1, 0.15) is 32.1 Å². The third-order valence-corrected chi connectivity index (χ3v) is 6.57. The van der Waals surface area contributed by atoms with Gasteiger partial charge in [0.05, 0.1) is 4.90 Å². The first-order valence-corrected chi connectivity index (χ1v) is 10.6. The normalized spacial score (nSPS) is 19.8. The van der Waals surface area contributed by atoms with Gasteiger partial charge in [-0.05, 0) is 49.9 Å². The molecule has 1 heterocycles. The lowest BCUT2D eigenvalue weighted by atomic mass is 9.84. The number of carbonyl (C=O) groups is 1. The quantitative estimate of drug-likeness (QED) is 0.836. The van der Waals surface area contributed by atoms with E-state index in [-0.39, 0.29) is 5.92 Å². The fourth-order valence-corrected chi connectivity index (χ4v) is 4.17. The summed E-state index contributed by atoms with van der Waals surface area (Å²) in [4.78, 5) is 17.0. The molecule has 3 rings (SSSR count). The zero-order chi connectivity index (χ0) is 17.3. The Morgan fingerprint density at radius 2 is 1.67 bits per heavy atom. The third kappa shape index (κ3) is 3.58. The summed E-state index contributed by atoms with van der Waals surface area (Å²) in [5.74, 6) is 0.578. The Hall–Kier alpha value is -1.56. The van der Waals surface area contributed by atoms with Crippen molar-refractivity contribution < 1.29 is 13.2 Å². The fourth-order valence-electron chi connectivity index (χ4n) is 3.54. The van der Waals surface area contributed by atoms with E-state index in [1.807, 2.05) is 24.1 Å². The maximum absolute atomic E-state index is 12.4. The summed E-state index contributed by atoms with van der Waals surface area (Å²) in [6, 6.07) is 7.41. The lowest BCUT2D eigenvalue weighted by Crippen LogP contribution is -2.48. The molecule has 0 atom stereocenters. The smallest absolute Gasteiger partial charge is 0.225 e. The zero-order valence-corrected chi connectivity index (χ0v) is 15.3. The van der Waals surface area contributed by atoms with Crippen molar-refractivity contribution in [1.29, 1.82) is 0 Å². The minimum absolute atomic E-state index is 0.261. The van der Waals surface area contributed by atoms with Gasteiger partial charge in [-0.3, -0.25) is 4.79 Å². The molecule has 132 valence electrons. The number of benzene rings is 1. The molecule has 1 aliphatic carbocycles. The van der Waals surface area contributed by atoms with E-state index >= 15 is 0 Å². The van der Waals surface area contributed by atoms with E-state index in [0.29, 0.717) is 16.8 Å². The molecule has 2 aliphatic rings. The molecule has 5 nitrogen and oxygen atoms in total. The van der Waals surface area contributed by atoms with Crippen molar-refractivity contribution in [3.05, 3.63) is 24.3 Å². The van der Waals surface area contributed by atoms with Gasteiger partial charge in [0.15, 0.2) is 9.84 Å². The number of carbonyl (C=O) groups excluding carboxylic acids is 1. The van der Waals surface area contributed by atoms with Gasteiger partial charge < -0.3 is 9.80 Å². The van der Waals surface area contributed by atoms with Gasteiger partial charge in [0, 0.05) is 44.0 Å². The number of hydrogen-bond acceptors (Lipinski definition) is 4. The average molecular weight is 350 g/mol. The molecular weight excluding hydrogens is 324 g/mol. The van der Waals surface area contributed by atoms with E-state index in [1.54, 1.807) is 12.1 Å². The Bertz CT molecular complexity index is 687. The first-order chi connectivity index (χ1) is 11.4. The number of amides is 1. The van der Waals surface area contributed by atoms with Crippen LogP contribution in [0, 0.1) is 5.92 Å². The monoisotopic (exact) mass is 350 g/mol. The Morgan fingerprint density at radius 1 is 1.08 bits per heavy atom. The molecule has 1 aromatic rings. The number of sulfone groups is 1. The number of rotatable bonds is 4. The molecule has 24 heavy (non-hydrogen) atoms. The number of anilines is 1.